The smallest absolute Gasteiger partial charge is 0.457 e. The van der Waals surface area contributed by atoms with Crippen LogP contribution in [-0.2, 0) is 27.9 Å². The summed E-state index contributed by atoms with van der Waals surface area (Å²) in [5, 5.41) is 0. The van der Waals surface area contributed by atoms with Gasteiger partial charge in [-0.05, 0) is 70.6 Å². The van der Waals surface area contributed by atoms with Gasteiger partial charge in [0.15, 0.2) is 0 Å². The zero-order valence-corrected chi connectivity index (χ0v) is 34.2. The summed E-state index contributed by atoms with van der Waals surface area (Å²) in [5.74, 6) is -0.353. The van der Waals surface area contributed by atoms with Gasteiger partial charge >= 0.3 is 13.8 Å². The van der Waals surface area contributed by atoms with Crippen molar-refractivity contribution in [1.82, 2.24) is 0 Å². The van der Waals surface area contributed by atoms with E-state index in [0.29, 0.717) is 13.0 Å². The predicted molar refractivity (Wildman–Crippen MR) is 219 cm³/mol. The number of phosphoric ester groups is 1. The quantitative estimate of drug-likeness (QED) is 0.0276. The molecule has 0 bridgehead atoms. The van der Waals surface area contributed by atoms with E-state index in [2.05, 4.69) is 74.6 Å². The molecule has 0 aliphatic rings. The first-order valence-corrected chi connectivity index (χ1v) is 22.3. The van der Waals surface area contributed by atoms with Crippen molar-refractivity contribution in [2.24, 2.45) is 5.73 Å². The van der Waals surface area contributed by atoms with Gasteiger partial charge in [0.1, 0.15) is 6.10 Å². The Morgan fingerprint density at radius 2 is 1.08 bits per heavy atom. The average molecular weight is 752 g/mol. The maximum absolute atomic E-state index is 12.6. The zero-order valence-electron chi connectivity index (χ0n) is 33.3. The van der Waals surface area contributed by atoms with Crippen molar-refractivity contribution in [3.8, 4) is 0 Å². The molecule has 0 spiro atoms. The first-order chi connectivity index (χ1) is 25.4. The molecule has 0 saturated carbocycles. The van der Waals surface area contributed by atoms with Crippen molar-refractivity contribution in [1.29, 1.82) is 0 Å². The Balaban J connectivity index is 4.11. The molecule has 52 heavy (non-hydrogen) atoms. The molecule has 0 fully saturated rings. The molecule has 9 heteroatoms. The van der Waals surface area contributed by atoms with Gasteiger partial charge in [-0.15, -0.1) is 0 Å². The highest BCUT2D eigenvalue weighted by molar-refractivity contribution is 7.47. The first-order valence-electron chi connectivity index (χ1n) is 20.8. The number of hydrogen-bond donors (Lipinski definition) is 2. The van der Waals surface area contributed by atoms with E-state index in [0.717, 1.165) is 57.8 Å². The van der Waals surface area contributed by atoms with E-state index >= 15 is 0 Å². The first kappa shape index (κ1) is 50.2. The lowest BCUT2D eigenvalue weighted by atomic mass is 10.1. The summed E-state index contributed by atoms with van der Waals surface area (Å²) in [4.78, 5) is 22.4. The molecule has 8 nitrogen and oxygen atoms in total. The van der Waals surface area contributed by atoms with E-state index in [1.807, 2.05) is 0 Å². The molecule has 0 amide bonds. The zero-order chi connectivity index (χ0) is 38.1. The van der Waals surface area contributed by atoms with Gasteiger partial charge in [0.05, 0.1) is 19.8 Å². The number of ether oxygens (including phenoxy) is 2. The van der Waals surface area contributed by atoms with E-state index in [1.54, 1.807) is 0 Å². The summed E-state index contributed by atoms with van der Waals surface area (Å²) in [5.41, 5.74) is 5.36. The summed E-state index contributed by atoms with van der Waals surface area (Å²) in [7, 11) is -4.29. The van der Waals surface area contributed by atoms with E-state index < -0.39 is 13.9 Å². The van der Waals surface area contributed by atoms with E-state index in [1.165, 1.54) is 89.9 Å². The fourth-order valence-corrected chi connectivity index (χ4v) is 6.17. The van der Waals surface area contributed by atoms with Crippen LogP contribution < -0.4 is 5.73 Å². The summed E-state index contributed by atoms with van der Waals surface area (Å²) in [6.45, 7) is 4.64. The Morgan fingerprint density at radius 1 is 0.596 bits per heavy atom. The molecular weight excluding hydrogens is 673 g/mol. The Labute approximate surface area is 319 Å². The van der Waals surface area contributed by atoms with Crippen molar-refractivity contribution in [2.45, 2.75) is 174 Å². The number of esters is 1. The van der Waals surface area contributed by atoms with Crippen LogP contribution in [0.1, 0.15) is 168 Å². The SMILES string of the molecule is CC/C=C\C/C=C\C/C=C\C/C=C\CCCOCC(COP(=O)(O)OCCN)OC(=O)CCCCCCCCCCC/C=C\CCCCCCCC. The van der Waals surface area contributed by atoms with Crippen LogP contribution in [0.3, 0.4) is 0 Å². The third-order valence-corrected chi connectivity index (χ3v) is 9.40. The van der Waals surface area contributed by atoms with Crippen LogP contribution in [0.2, 0.25) is 0 Å². The summed E-state index contributed by atoms with van der Waals surface area (Å²) < 4.78 is 33.3. The lowest BCUT2D eigenvalue weighted by molar-refractivity contribution is -0.154. The van der Waals surface area contributed by atoms with Crippen molar-refractivity contribution in [3.05, 3.63) is 60.8 Å². The maximum atomic E-state index is 12.6. The highest BCUT2D eigenvalue weighted by Gasteiger charge is 2.25. The lowest BCUT2D eigenvalue weighted by Crippen LogP contribution is -2.28. The molecule has 0 radical (unpaired) electrons. The molecule has 0 saturated heterocycles. The van der Waals surface area contributed by atoms with Gasteiger partial charge in [-0.1, -0.05) is 152 Å². The van der Waals surface area contributed by atoms with Crippen LogP contribution >= 0.6 is 7.82 Å². The second-order valence-electron chi connectivity index (χ2n) is 13.5. The Morgan fingerprint density at radius 3 is 1.63 bits per heavy atom. The lowest BCUT2D eigenvalue weighted by Gasteiger charge is -2.20. The van der Waals surface area contributed by atoms with Crippen molar-refractivity contribution in [3.63, 3.8) is 0 Å². The minimum atomic E-state index is -4.29. The second kappa shape index (κ2) is 40.4. The number of unbranched alkanes of at least 4 members (excludes halogenated alkanes) is 16. The van der Waals surface area contributed by atoms with Gasteiger partial charge in [0.2, 0.25) is 0 Å². The molecule has 0 aromatic carbocycles. The number of hydrogen-bond acceptors (Lipinski definition) is 7. The molecule has 0 heterocycles. The summed E-state index contributed by atoms with van der Waals surface area (Å²) >= 11 is 0. The Bertz CT molecular complexity index is 979. The van der Waals surface area contributed by atoms with Gasteiger partial charge in [0, 0.05) is 19.6 Å². The maximum Gasteiger partial charge on any atom is 0.472 e. The number of nitrogens with two attached hydrogens (primary N) is 1. The van der Waals surface area contributed by atoms with Crippen LogP contribution in [0.4, 0.5) is 0 Å². The highest BCUT2D eigenvalue weighted by Crippen LogP contribution is 2.43. The molecule has 3 N–H and O–H groups in total. The fraction of sp³-hybridized carbons (Fsp3) is 0.744. The number of rotatable bonds is 39. The summed E-state index contributed by atoms with van der Waals surface area (Å²) in [6, 6.07) is 0. The molecule has 2 atom stereocenters. The van der Waals surface area contributed by atoms with Crippen molar-refractivity contribution in [2.75, 3.05) is 33.0 Å². The van der Waals surface area contributed by atoms with Gasteiger partial charge in [0.25, 0.3) is 0 Å². The van der Waals surface area contributed by atoms with Gasteiger partial charge in [-0.3, -0.25) is 13.8 Å². The van der Waals surface area contributed by atoms with E-state index in [9.17, 15) is 14.3 Å². The van der Waals surface area contributed by atoms with Crippen molar-refractivity contribution >= 4 is 13.8 Å². The third-order valence-electron chi connectivity index (χ3n) is 8.42. The fourth-order valence-electron chi connectivity index (χ4n) is 5.41. The van der Waals surface area contributed by atoms with Crippen LogP contribution in [0.15, 0.2) is 60.8 Å². The summed E-state index contributed by atoms with van der Waals surface area (Å²) in [6.07, 6.45) is 48.2. The van der Waals surface area contributed by atoms with Gasteiger partial charge in [-0.2, -0.15) is 0 Å². The molecular formula is C43H78NO7P. The van der Waals surface area contributed by atoms with Gasteiger partial charge < -0.3 is 20.1 Å². The molecule has 302 valence electrons. The third kappa shape index (κ3) is 39.4. The largest absolute Gasteiger partial charge is 0.472 e. The van der Waals surface area contributed by atoms with Crippen LogP contribution in [0, 0.1) is 0 Å². The highest BCUT2D eigenvalue weighted by atomic mass is 31.2. The molecule has 0 aromatic rings. The second-order valence-corrected chi connectivity index (χ2v) is 14.9. The van der Waals surface area contributed by atoms with Gasteiger partial charge in [-0.25, -0.2) is 4.57 Å². The monoisotopic (exact) mass is 752 g/mol. The minimum absolute atomic E-state index is 0.0757. The molecule has 0 aromatic heterocycles. The predicted octanol–water partition coefficient (Wildman–Crippen LogP) is 12.2. The number of carbonyl (C=O) groups excluding carboxylic acids is 1. The molecule has 2 unspecified atom stereocenters. The topological polar surface area (TPSA) is 117 Å². The minimum Gasteiger partial charge on any atom is -0.457 e. The molecule has 0 aliphatic heterocycles. The Kier molecular flexibility index (Phi) is 39.0. The van der Waals surface area contributed by atoms with Crippen molar-refractivity contribution < 1.29 is 32.8 Å². The number of allylic oxidation sites excluding steroid dienone is 10. The average Bonchev–Trinajstić information content (AvgIpc) is 3.13. The van der Waals surface area contributed by atoms with Crippen LogP contribution in [-0.4, -0.2) is 49.9 Å². The Hall–Kier alpha value is -1.80. The van der Waals surface area contributed by atoms with E-state index in [-0.39, 0.29) is 32.3 Å². The van der Waals surface area contributed by atoms with E-state index in [4.69, 9.17) is 24.3 Å². The standard InChI is InChI=1S/C43H78NO7P/c1-3-5-7-9-11-13-15-17-19-20-21-22-23-24-26-28-30-32-34-36-43(45)51-42(41-50-52(46,47)49-39-37-44)40-48-38-35-33-31-29-27-25-18-16-14-12-10-8-6-4-2/h6,8,12,14,17-19,25,29,31,42H,3-5,7,9-11,13,15-16,20-24,26-28,30,32-41,44H2,1-2H3,(H,46,47)/b8-6-,14-12-,19-17-,25-18-,31-29-. The number of phosphoric acid groups is 1. The molecule has 0 rings (SSSR count). The van der Waals surface area contributed by atoms with Crippen LogP contribution in [0.25, 0.3) is 0 Å². The van der Waals surface area contributed by atoms with Crippen LogP contribution in [0.5, 0.6) is 0 Å². The molecule has 0 aliphatic carbocycles. The normalized spacial score (nSPS) is 14.2. The number of carbonyl (C=O) groups is 1.